The highest BCUT2D eigenvalue weighted by Crippen LogP contribution is 2.26. The predicted octanol–water partition coefficient (Wildman–Crippen LogP) is 2.74. The number of hydrogen-bond acceptors (Lipinski definition) is 3. The fourth-order valence-corrected chi connectivity index (χ4v) is 3.11. The van der Waals surface area contributed by atoms with E-state index in [-0.39, 0.29) is 5.54 Å². The van der Waals surface area contributed by atoms with Crippen molar-refractivity contribution in [3.63, 3.8) is 0 Å². The number of rotatable bonds is 10. The first-order valence-corrected chi connectivity index (χ1v) is 9.41. The Morgan fingerprint density at radius 3 is 2.50 bits per heavy atom. The maximum absolute atomic E-state index is 5.55. The van der Waals surface area contributed by atoms with Crippen LogP contribution in [0.25, 0.3) is 0 Å². The zero-order valence-electron chi connectivity index (χ0n) is 16.3. The van der Waals surface area contributed by atoms with E-state index in [4.69, 9.17) is 9.73 Å². The molecule has 1 aliphatic heterocycles. The molecule has 0 aromatic heterocycles. The summed E-state index contributed by atoms with van der Waals surface area (Å²) in [7, 11) is 6.47. The van der Waals surface area contributed by atoms with Crippen LogP contribution in [0.1, 0.15) is 45.4 Å². The quantitative estimate of drug-likeness (QED) is 0.288. The van der Waals surface area contributed by atoms with Gasteiger partial charge in [0.2, 0.25) is 0 Å². The molecular weight excluding hydrogens is 300 g/mol. The fourth-order valence-electron chi connectivity index (χ4n) is 3.11. The van der Waals surface area contributed by atoms with Crippen LogP contribution in [0.4, 0.5) is 0 Å². The van der Waals surface area contributed by atoms with Gasteiger partial charge in [-0.2, -0.15) is 0 Å². The molecule has 0 radical (unpaired) electrons. The molecule has 0 unspecified atom stereocenters. The molecule has 140 valence electrons. The summed E-state index contributed by atoms with van der Waals surface area (Å²) in [6.07, 6.45) is 8.89. The summed E-state index contributed by atoms with van der Waals surface area (Å²) in [6.45, 7) is 10.4. The highest BCUT2D eigenvalue weighted by molar-refractivity contribution is 5.79. The molecule has 0 saturated carbocycles. The molecule has 24 heavy (non-hydrogen) atoms. The Bertz CT molecular complexity index is 376. The van der Waals surface area contributed by atoms with Crippen molar-refractivity contribution in [3.05, 3.63) is 12.7 Å². The second kappa shape index (κ2) is 11.5. The zero-order valence-corrected chi connectivity index (χ0v) is 16.3. The van der Waals surface area contributed by atoms with E-state index >= 15 is 0 Å². The third-order valence-electron chi connectivity index (χ3n) is 4.99. The van der Waals surface area contributed by atoms with E-state index < -0.39 is 0 Å². The summed E-state index contributed by atoms with van der Waals surface area (Å²) in [4.78, 5) is 9.56. The van der Waals surface area contributed by atoms with Gasteiger partial charge in [-0.3, -0.25) is 4.99 Å². The van der Waals surface area contributed by atoms with Gasteiger partial charge in [0.15, 0.2) is 5.96 Å². The van der Waals surface area contributed by atoms with Gasteiger partial charge in [-0.25, -0.2) is 0 Å². The molecule has 0 aromatic rings. The van der Waals surface area contributed by atoms with Crippen molar-refractivity contribution < 1.29 is 4.74 Å². The Hall–Kier alpha value is -1.07. The van der Waals surface area contributed by atoms with Crippen LogP contribution >= 0.6 is 0 Å². The third-order valence-corrected chi connectivity index (χ3v) is 4.99. The fraction of sp³-hybridized carbons (Fsp3) is 0.842. The summed E-state index contributed by atoms with van der Waals surface area (Å²) >= 11 is 0. The van der Waals surface area contributed by atoms with Gasteiger partial charge in [0.25, 0.3) is 0 Å². The van der Waals surface area contributed by atoms with Crippen LogP contribution in [0.5, 0.6) is 0 Å². The first-order chi connectivity index (χ1) is 11.6. The van der Waals surface area contributed by atoms with Gasteiger partial charge in [0.1, 0.15) is 0 Å². The largest absolute Gasteiger partial charge is 0.381 e. The minimum atomic E-state index is 0.129. The standard InChI is InChI=1S/C19H38N4O/c1-6-8-9-10-11-14-23(5)18(20-7-2)21-17-19(22(3)4)12-15-24-16-13-19/h6H,1,7-17H2,2-5H3,(H,20,21). The Labute approximate surface area is 149 Å². The Balaban J connectivity index is 2.60. The number of aliphatic imine (C=N–C) groups is 1. The topological polar surface area (TPSA) is 40.1 Å². The van der Waals surface area contributed by atoms with Gasteiger partial charge >= 0.3 is 0 Å². The van der Waals surface area contributed by atoms with Crippen LogP contribution in [0.3, 0.4) is 0 Å². The van der Waals surface area contributed by atoms with Crippen LogP contribution in [0.15, 0.2) is 17.6 Å². The smallest absolute Gasteiger partial charge is 0.193 e. The van der Waals surface area contributed by atoms with Gasteiger partial charge in [0.05, 0.1) is 6.54 Å². The highest BCUT2D eigenvalue weighted by Gasteiger charge is 2.34. The molecule has 1 fully saturated rings. The van der Waals surface area contributed by atoms with Crippen LogP contribution in [-0.2, 0) is 4.74 Å². The van der Waals surface area contributed by atoms with E-state index in [9.17, 15) is 0 Å². The zero-order chi connectivity index (χ0) is 17.8. The lowest BCUT2D eigenvalue weighted by Gasteiger charge is -2.42. The van der Waals surface area contributed by atoms with Crippen molar-refractivity contribution in [2.45, 2.75) is 51.0 Å². The second-order valence-corrected chi connectivity index (χ2v) is 6.96. The predicted molar refractivity (Wildman–Crippen MR) is 104 cm³/mol. The molecule has 0 spiro atoms. The average molecular weight is 339 g/mol. The lowest BCUT2D eigenvalue weighted by molar-refractivity contribution is -0.00262. The van der Waals surface area contributed by atoms with E-state index in [2.05, 4.69) is 49.8 Å². The van der Waals surface area contributed by atoms with Gasteiger partial charge < -0.3 is 19.9 Å². The number of nitrogens with zero attached hydrogens (tertiary/aromatic N) is 3. The van der Waals surface area contributed by atoms with Crippen LogP contribution in [-0.4, -0.2) is 75.3 Å². The van der Waals surface area contributed by atoms with E-state index in [0.29, 0.717) is 0 Å². The van der Waals surface area contributed by atoms with Crippen molar-refractivity contribution >= 4 is 5.96 Å². The summed E-state index contributed by atoms with van der Waals surface area (Å²) < 4.78 is 5.55. The number of unbranched alkanes of at least 4 members (excludes halogenated alkanes) is 3. The molecule has 1 N–H and O–H groups in total. The number of likely N-dealkylation sites (N-methyl/N-ethyl adjacent to an activating group) is 1. The molecule has 5 heteroatoms. The molecule has 1 rings (SSSR count). The SMILES string of the molecule is C=CCCCCCN(C)C(=NCC1(N(C)C)CCOCC1)NCC. The third kappa shape index (κ3) is 6.81. The lowest BCUT2D eigenvalue weighted by Crippen LogP contribution is -2.52. The average Bonchev–Trinajstić information content (AvgIpc) is 2.59. The van der Waals surface area contributed by atoms with E-state index in [1.165, 1.54) is 19.3 Å². The van der Waals surface area contributed by atoms with Crippen molar-refractivity contribution in [3.8, 4) is 0 Å². The van der Waals surface area contributed by atoms with Gasteiger partial charge in [-0.15, -0.1) is 6.58 Å². The Morgan fingerprint density at radius 2 is 1.92 bits per heavy atom. The van der Waals surface area contributed by atoms with E-state index in [0.717, 1.165) is 58.1 Å². The lowest BCUT2D eigenvalue weighted by atomic mass is 9.89. The summed E-state index contributed by atoms with van der Waals surface area (Å²) in [6, 6.07) is 0. The molecule has 0 atom stereocenters. The number of nitrogens with one attached hydrogen (secondary N) is 1. The van der Waals surface area contributed by atoms with Gasteiger partial charge in [-0.1, -0.05) is 12.5 Å². The van der Waals surface area contributed by atoms with Crippen LogP contribution < -0.4 is 5.32 Å². The first kappa shape index (κ1) is 21.0. The molecule has 0 aromatic carbocycles. The molecule has 1 aliphatic rings. The normalized spacial score (nSPS) is 17.8. The van der Waals surface area contributed by atoms with E-state index in [1.54, 1.807) is 0 Å². The van der Waals surface area contributed by atoms with Crippen molar-refractivity contribution in [1.82, 2.24) is 15.1 Å². The Kier molecular flexibility index (Phi) is 10.0. The minimum absolute atomic E-state index is 0.129. The minimum Gasteiger partial charge on any atom is -0.381 e. The first-order valence-electron chi connectivity index (χ1n) is 9.41. The van der Waals surface area contributed by atoms with Crippen molar-refractivity contribution in [2.75, 3.05) is 54.0 Å². The molecule has 0 bridgehead atoms. The highest BCUT2D eigenvalue weighted by atomic mass is 16.5. The Morgan fingerprint density at radius 1 is 1.21 bits per heavy atom. The number of hydrogen-bond donors (Lipinski definition) is 1. The molecular formula is C19H38N4O. The number of allylic oxidation sites excluding steroid dienone is 1. The van der Waals surface area contributed by atoms with Crippen molar-refractivity contribution in [1.29, 1.82) is 0 Å². The monoisotopic (exact) mass is 338 g/mol. The number of ether oxygens (including phenoxy) is 1. The van der Waals surface area contributed by atoms with Crippen molar-refractivity contribution in [2.24, 2.45) is 4.99 Å². The summed E-state index contributed by atoms with van der Waals surface area (Å²) in [5.74, 6) is 1.02. The van der Waals surface area contributed by atoms with Gasteiger partial charge in [-0.05, 0) is 53.1 Å². The maximum atomic E-state index is 5.55. The van der Waals surface area contributed by atoms with Crippen LogP contribution in [0, 0.1) is 0 Å². The molecule has 1 saturated heterocycles. The van der Waals surface area contributed by atoms with Crippen LogP contribution in [0.2, 0.25) is 0 Å². The maximum Gasteiger partial charge on any atom is 0.193 e. The summed E-state index contributed by atoms with van der Waals surface area (Å²) in [5.41, 5.74) is 0.129. The second-order valence-electron chi connectivity index (χ2n) is 6.96. The molecule has 1 heterocycles. The number of guanidine groups is 1. The summed E-state index contributed by atoms with van der Waals surface area (Å²) in [5, 5.41) is 3.44. The molecule has 5 nitrogen and oxygen atoms in total. The van der Waals surface area contributed by atoms with Gasteiger partial charge in [0, 0.05) is 38.9 Å². The van der Waals surface area contributed by atoms with E-state index in [1.807, 2.05) is 6.08 Å². The molecule has 0 aliphatic carbocycles. The molecule has 0 amide bonds.